The van der Waals surface area contributed by atoms with Crippen LogP contribution in [0.15, 0.2) is 35.5 Å². The Bertz CT molecular complexity index is 455. The van der Waals surface area contributed by atoms with Crippen molar-refractivity contribution in [2.75, 3.05) is 25.0 Å². The van der Waals surface area contributed by atoms with Gasteiger partial charge in [0.15, 0.2) is 0 Å². The van der Waals surface area contributed by atoms with Crippen molar-refractivity contribution in [1.82, 2.24) is 19.9 Å². The van der Waals surface area contributed by atoms with E-state index in [4.69, 9.17) is 4.42 Å². The first kappa shape index (κ1) is 13.5. The summed E-state index contributed by atoms with van der Waals surface area (Å²) in [5.41, 5.74) is 0. The third-order valence-corrected chi connectivity index (χ3v) is 3.07. The van der Waals surface area contributed by atoms with Crippen LogP contribution < -0.4 is 5.32 Å². The summed E-state index contributed by atoms with van der Waals surface area (Å²) in [6, 6.07) is 4.08. The predicted molar refractivity (Wildman–Crippen MR) is 72.7 cm³/mol. The first-order valence-electron chi connectivity index (χ1n) is 6.48. The molecule has 6 nitrogen and oxygen atoms in total. The van der Waals surface area contributed by atoms with Crippen LogP contribution >= 0.6 is 0 Å². The van der Waals surface area contributed by atoms with Gasteiger partial charge in [-0.3, -0.25) is 4.90 Å². The molecule has 102 valence electrons. The number of likely N-dealkylation sites (N-methyl/N-ethyl adjacent to an activating group) is 1. The molecule has 1 N–H and O–H groups in total. The lowest BCUT2D eigenvalue weighted by molar-refractivity contribution is 0.201. The highest BCUT2D eigenvalue weighted by Gasteiger charge is 2.20. The van der Waals surface area contributed by atoms with Crippen LogP contribution in [0.5, 0.6) is 0 Å². The molecule has 0 fully saturated rings. The Morgan fingerprint density at radius 3 is 2.58 bits per heavy atom. The van der Waals surface area contributed by atoms with Crippen LogP contribution in [0, 0.1) is 0 Å². The molecule has 0 saturated heterocycles. The van der Waals surface area contributed by atoms with E-state index in [1.165, 1.54) is 12.7 Å². The topological polar surface area (TPSA) is 67.1 Å². The fraction of sp³-hybridized carbons (Fsp3) is 0.462. The molecule has 0 aromatic carbocycles. The molecule has 0 aliphatic heterocycles. The van der Waals surface area contributed by atoms with Crippen molar-refractivity contribution >= 4 is 5.95 Å². The normalized spacial score (nSPS) is 12.6. The van der Waals surface area contributed by atoms with E-state index in [0.717, 1.165) is 18.8 Å². The zero-order chi connectivity index (χ0) is 13.5. The van der Waals surface area contributed by atoms with E-state index in [-0.39, 0.29) is 6.04 Å². The molecule has 6 heteroatoms. The number of hydrogen-bond donors (Lipinski definition) is 1. The lowest BCUT2D eigenvalue weighted by Crippen LogP contribution is -2.33. The number of nitrogens with one attached hydrogen (secondary N) is 1. The van der Waals surface area contributed by atoms with Crippen LogP contribution in [-0.4, -0.2) is 39.5 Å². The molecular weight excluding hydrogens is 242 g/mol. The maximum absolute atomic E-state index is 5.53. The van der Waals surface area contributed by atoms with E-state index >= 15 is 0 Å². The maximum atomic E-state index is 5.53. The molecule has 0 radical (unpaired) electrons. The predicted octanol–water partition coefficient (Wildman–Crippen LogP) is 1.96. The monoisotopic (exact) mass is 261 g/mol. The van der Waals surface area contributed by atoms with Crippen molar-refractivity contribution in [2.24, 2.45) is 0 Å². The summed E-state index contributed by atoms with van der Waals surface area (Å²) in [5, 5.41) is 3.22. The van der Waals surface area contributed by atoms with Crippen molar-refractivity contribution in [1.29, 1.82) is 0 Å². The minimum Gasteiger partial charge on any atom is -0.468 e. The fourth-order valence-electron chi connectivity index (χ4n) is 2.07. The third-order valence-electron chi connectivity index (χ3n) is 3.07. The molecule has 0 aliphatic rings. The van der Waals surface area contributed by atoms with Gasteiger partial charge in [-0.05, 0) is 25.2 Å². The molecule has 2 heterocycles. The summed E-state index contributed by atoms with van der Waals surface area (Å²) in [6.07, 6.45) is 4.66. The summed E-state index contributed by atoms with van der Waals surface area (Å²) < 4.78 is 5.53. The number of aromatic nitrogens is 3. The molecule has 0 unspecified atom stereocenters. The highest BCUT2D eigenvalue weighted by Crippen LogP contribution is 2.21. The van der Waals surface area contributed by atoms with Gasteiger partial charge in [0, 0.05) is 6.54 Å². The smallest absolute Gasteiger partial charge is 0.225 e. The van der Waals surface area contributed by atoms with Crippen molar-refractivity contribution < 1.29 is 4.42 Å². The molecule has 0 amide bonds. The van der Waals surface area contributed by atoms with Gasteiger partial charge in [-0.2, -0.15) is 0 Å². The number of anilines is 1. The average molecular weight is 261 g/mol. The van der Waals surface area contributed by atoms with Crippen molar-refractivity contribution in [3.05, 3.63) is 36.8 Å². The van der Waals surface area contributed by atoms with E-state index in [2.05, 4.69) is 39.0 Å². The Morgan fingerprint density at radius 1 is 1.26 bits per heavy atom. The zero-order valence-electron chi connectivity index (χ0n) is 11.3. The summed E-state index contributed by atoms with van der Waals surface area (Å²) >= 11 is 0. The molecule has 0 aliphatic carbocycles. The largest absolute Gasteiger partial charge is 0.468 e. The van der Waals surface area contributed by atoms with Crippen LogP contribution in [0.1, 0.15) is 25.6 Å². The van der Waals surface area contributed by atoms with Gasteiger partial charge >= 0.3 is 0 Å². The Hall–Kier alpha value is -1.95. The van der Waals surface area contributed by atoms with Crippen LogP contribution in [0.2, 0.25) is 0 Å². The van der Waals surface area contributed by atoms with Gasteiger partial charge in [0.2, 0.25) is 5.95 Å². The molecule has 1 atom stereocenters. The standard InChI is InChI=1S/C13H19N5O/c1-3-18(4-2)11(12-6-5-7-19-12)8-15-13-16-9-14-10-17-13/h5-7,9-11H,3-4,8H2,1-2H3,(H,14,15,16,17)/t11-/m0/s1. The van der Waals surface area contributed by atoms with E-state index in [9.17, 15) is 0 Å². The van der Waals surface area contributed by atoms with Gasteiger partial charge in [-0.1, -0.05) is 13.8 Å². The lowest BCUT2D eigenvalue weighted by Gasteiger charge is -2.28. The summed E-state index contributed by atoms with van der Waals surface area (Å²) in [6.45, 7) is 6.89. The fourth-order valence-corrected chi connectivity index (χ4v) is 2.07. The molecule has 2 rings (SSSR count). The summed E-state index contributed by atoms with van der Waals surface area (Å²) in [4.78, 5) is 14.2. The lowest BCUT2D eigenvalue weighted by atomic mass is 10.2. The minimum absolute atomic E-state index is 0.168. The quantitative estimate of drug-likeness (QED) is 0.821. The zero-order valence-corrected chi connectivity index (χ0v) is 11.3. The summed E-state index contributed by atoms with van der Waals surface area (Å²) in [5.74, 6) is 1.53. The molecule has 0 spiro atoms. The van der Waals surface area contributed by atoms with E-state index in [1.54, 1.807) is 6.26 Å². The molecule has 2 aromatic rings. The highest BCUT2D eigenvalue weighted by atomic mass is 16.3. The number of rotatable bonds is 7. The molecule has 0 saturated carbocycles. The average Bonchev–Trinajstić information content (AvgIpc) is 2.98. The van der Waals surface area contributed by atoms with Gasteiger partial charge in [0.1, 0.15) is 18.4 Å². The third kappa shape index (κ3) is 3.51. The van der Waals surface area contributed by atoms with Gasteiger partial charge in [0.25, 0.3) is 0 Å². The van der Waals surface area contributed by atoms with Gasteiger partial charge in [-0.15, -0.1) is 0 Å². The Kier molecular flexibility index (Phi) is 4.85. The second-order valence-corrected chi connectivity index (χ2v) is 4.10. The highest BCUT2D eigenvalue weighted by molar-refractivity contribution is 5.22. The molecule has 19 heavy (non-hydrogen) atoms. The van der Waals surface area contributed by atoms with Gasteiger partial charge in [0.05, 0.1) is 12.3 Å². The first-order chi connectivity index (χ1) is 9.35. The first-order valence-corrected chi connectivity index (χ1v) is 6.48. The van der Waals surface area contributed by atoms with Gasteiger partial charge in [-0.25, -0.2) is 15.0 Å². The van der Waals surface area contributed by atoms with E-state index < -0.39 is 0 Å². The van der Waals surface area contributed by atoms with Crippen molar-refractivity contribution in [3.63, 3.8) is 0 Å². The van der Waals surface area contributed by atoms with Crippen LogP contribution in [0.4, 0.5) is 5.95 Å². The van der Waals surface area contributed by atoms with Crippen LogP contribution in [0.3, 0.4) is 0 Å². The second-order valence-electron chi connectivity index (χ2n) is 4.10. The minimum atomic E-state index is 0.168. The van der Waals surface area contributed by atoms with E-state index in [1.807, 2.05) is 12.1 Å². The Labute approximate surface area is 112 Å². The SMILES string of the molecule is CCN(CC)[C@@H](CNc1ncncn1)c1ccco1. The van der Waals surface area contributed by atoms with Crippen LogP contribution in [0.25, 0.3) is 0 Å². The second kappa shape index (κ2) is 6.84. The van der Waals surface area contributed by atoms with Crippen molar-refractivity contribution in [3.8, 4) is 0 Å². The number of hydrogen-bond acceptors (Lipinski definition) is 6. The Balaban J connectivity index is 2.06. The van der Waals surface area contributed by atoms with Gasteiger partial charge < -0.3 is 9.73 Å². The van der Waals surface area contributed by atoms with Crippen LogP contribution in [-0.2, 0) is 0 Å². The Morgan fingerprint density at radius 2 is 2.00 bits per heavy atom. The number of furan rings is 1. The molecule has 0 bridgehead atoms. The molecule has 2 aromatic heterocycles. The maximum Gasteiger partial charge on any atom is 0.225 e. The summed E-state index contributed by atoms with van der Waals surface area (Å²) in [7, 11) is 0. The number of nitrogens with zero attached hydrogens (tertiary/aromatic N) is 4. The molecular formula is C13H19N5O. The van der Waals surface area contributed by atoms with Crippen molar-refractivity contribution in [2.45, 2.75) is 19.9 Å². The van der Waals surface area contributed by atoms with E-state index in [0.29, 0.717) is 12.5 Å².